The van der Waals surface area contributed by atoms with E-state index in [1.54, 1.807) is 0 Å². The van der Waals surface area contributed by atoms with E-state index in [0.29, 0.717) is 12.1 Å². The lowest BCUT2D eigenvalue weighted by Gasteiger charge is -2.10. The lowest BCUT2D eigenvalue weighted by atomic mass is 10.1. The Labute approximate surface area is 145 Å². The molecule has 0 aliphatic carbocycles. The second-order valence-electron chi connectivity index (χ2n) is 5.89. The fraction of sp³-hybridized carbons (Fsp3) is 0.200. The highest BCUT2D eigenvalue weighted by molar-refractivity contribution is 5.88. The van der Waals surface area contributed by atoms with E-state index in [9.17, 15) is 9.59 Å². The summed E-state index contributed by atoms with van der Waals surface area (Å²) in [6.07, 6.45) is 0.892. The van der Waals surface area contributed by atoms with Crippen molar-refractivity contribution in [3.63, 3.8) is 0 Å². The number of carbonyl (C=O) groups excluding carboxylic acids is 1. The summed E-state index contributed by atoms with van der Waals surface area (Å²) in [6, 6.07) is 14.9. The first-order valence-electron chi connectivity index (χ1n) is 8.22. The molecule has 3 aromatic rings. The summed E-state index contributed by atoms with van der Waals surface area (Å²) in [7, 11) is 0. The molecule has 25 heavy (non-hydrogen) atoms. The molecular weight excluding hydrogens is 316 g/mol. The Morgan fingerprint density at radius 2 is 1.76 bits per heavy atom. The van der Waals surface area contributed by atoms with Gasteiger partial charge in [0.25, 0.3) is 0 Å². The summed E-state index contributed by atoms with van der Waals surface area (Å²) < 4.78 is 5.33. The van der Waals surface area contributed by atoms with Gasteiger partial charge in [-0.15, -0.1) is 0 Å². The first-order chi connectivity index (χ1) is 12.0. The number of amides is 1. The molecule has 0 bridgehead atoms. The monoisotopic (exact) mass is 336 g/mol. The summed E-state index contributed by atoms with van der Waals surface area (Å²) in [5.41, 5.74) is 3.94. The van der Waals surface area contributed by atoms with Crippen molar-refractivity contribution in [1.29, 1.82) is 0 Å². The van der Waals surface area contributed by atoms with Gasteiger partial charge in [0.15, 0.2) is 0 Å². The molecule has 0 radical (unpaired) electrons. The molecule has 0 fully saturated rings. The first kappa shape index (κ1) is 16.8. The van der Waals surface area contributed by atoms with E-state index in [-0.39, 0.29) is 11.5 Å². The Kier molecular flexibility index (Phi) is 4.84. The number of hydrogen-bond donors (Lipinski definition) is 2. The summed E-state index contributed by atoms with van der Waals surface area (Å²) in [5, 5.41) is 6.95. The van der Waals surface area contributed by atoms with Gasteiger partial charge in [-0.2, -0.15) is 0 Å². The lowest BCUT2D eigenvalue weighted by Crippen LogP contribution is -2.07. The average Bonchev–Trinajstić information content (AvgIpc) is 2.59. The zero-order valence-electron chi connectivity index (χ0n) is 14.3. The maximum atomic E-state index is 11.8. The summed E-state index contributed by atoms with van der Waals surface area (Å²) in [6.45, 7) is 4.05. The number of anilines is 2. The predicted molar refractivity (Wildman–Crippen MR) is 99.9 cm³/mol. The third kappa shape index (κ3) is 4.07. The molecule has 128 valence electrons. The minimum Gasteiger partial charge on any atom is -0.423 e. The van der Waals surface area contributed by atoms with E-state index in [0.717, 1.165) is 34.3 Å². The van der Waals surface area contributed by atoms with Crippen molar-refractivity contribution >= 4 is 28.3 Å². The summed E-state index contributed by atoms with van der Waals surface area (Å²) >= 11 is 0. The Morgan fingerprint density at radius 1 is 1.04 bits per heavy atom. The van der Waals surface area contributed by atoms with Gasteiger partial charge in [0.05, 0.1) is 0 Å². The number of rotatable bonds is 5. The molecule has 3 rings (SSSR count). The van der Waals surface area contributed by atoms with E-state index < -0.39 is 0 Å². The van der Waals surface area contributed by atoms with Crippen LogP contribution in [-0.4, -0.2) is 5.91 Å². The van der Waals surface area contributed by atoms with Crippen molar-refractivity contribution in [1.82, 2.24) is 0 Å². The maximum Gasteiger partial charge on any atom is 0.336 e. The number of benzene rings is 2. The van der Waals surface area contributed by atoms with Crippen molar-refractivity contribution in [2.75, 3.05) is 10.6 Å². The fourth-order valence-electron chi connectivity index (χ4n) is 2.71. The van der Waals surface area contributed by atoms with Crippen LogP contribution < -0.4 is 16.3 Å². The molecule has 2 N–H and O–H groups in total. The molecule has 0 aliphatic rings. The van der Waals surface area contributed by atoms with Gasteiger partial charge >= 0.3 is 5.63 Å². The van der Waals surface area contributed by atoms with E-state index in [4.69, 9.17) is 4.42 Å². The molecule has 5 nitrogen and oxygen atoms in total. The molecule has 5 heteroatoms. The third-order valence-corrected chi connectivity index (χ3v) is 3.99. The molecule has 0 atom stereocenters. The van der Waals surface area contributed by atoms with Gasteiger partial charge in [-0.1, -0.05) is 19.1 Å². The quantitative estimate of drug-likeness (QED) is 0.693. The van der Waals surface area contributed by atoms with Crippen LogP contribution in [0.5, 0.6) is 0 Å². The predicted octanol–water partition coefficient (Wildman–Crippen LogP) is 3.93. The molecule has 0 unspecified atom stereocenters. The minimum atomic E-state index is -0.349. The fourth-order valence-corrected chi connectivity index (χ4v) is 2.71. The van der Waals surface area contributed by atoms with Gasteiger partial charge in [0.1, 0.15) is 5.58 Å². The van der Waals surface area contributed by atoms with Crippen molar-refractivity contribution in [2.45, 2.75) is 26.8 Å². The molecular formula is C20H20N2O3. The number of fused-ring (bicyclic) bond motifs is 1. The second kappa shape index (κ2) is 7.21. The van der Waals surface area contributed by atoms with Crippen molar-refractivity contribution in [2.24, 2.45) is 0 Å². The lowest BCUT2D eigenvalue weighted by molar-refractivity contribution is -0.114. The maximum absolute atomic E-state index is 11.8. The van der Waals surface area contributed by atoms with Crippen LogP contribution in [0.3, 0.4) is 0 Å². The van der Waals surface area contributed by atoms with Gasteiger partial charge in [0, 0.05) is 36.3 Å². The summed E-state index contributed by atoms with van der Waals surface area (Å²) in [5.74, 6) is -0.102. The topological polar surface area (TPSA) is 71.3 Å². The van der Waals surface area contributed by atoms with Crippen LogP contribution in [0, 0.1) is 0 Å². The highest BCUT2D eigenvalue weighted by atomic mass is 16.4. The molecule has 0 spiro atoms. The van der Waals surface area contributed by atoms with E-state index in [1.807, 2.05) is 42.5 Å². The normalized spacial score (nSPS) is 10.6. The zero-order chi connectivity index (χ0) is 17.8. The van der Waals surface area contributed by atoms with Gasteiger partial charge in [-0.25, -0.2) is 4.79 Å². The minimum absolute atomic E-state index is 0.102. The smallest absolute Gasteiger partial charge is 0.336 e. The Bertz CT molecular complexity index is 959. The Morgan fingerprint density at radius 3 is 2.44 bits per heavy atom. The molecule has 0 saturated carbocycles. The molecule has 1 amide bonds. The highest BCUT2D eigenvalue weighted by Gasteiger charge is 2.06. The van der Waals surface area contributed by atoms with Crippen LogP contribution >= 0.6 is 0 Å². The van der Waals surface area contributed by atoms with Crippen molar-refractivity contribution in [3.05, 3.63) is 70.1 Å². The standard InChI is InChI=1S/C20H20N2O3/c1-3-14-4-9-18-15(11-20(24)25-19(18)10-14)12-21-16-5-7-17(8-6-16)22-13(2)23/h4-11,21H,3,12H2,1-2H3,(H,22,23). The zero-order valence-corrected chi connectivity index (χ0v) is 14.3. The van der Waals surface area contributed by atoms with Crippen molar-refractivity contribution < 1.29 is 9.21 Å². The SMILES string of the molecule is CCc1ccc2c(CNc3ccc(NC(C)=O)cc3)cc(=O)oc2c1. The number of nitrogens with one attached hydrogen (secondary N) is 2. The first-order valence-corrected chi connectivity index (χ1v) is 8.22. The van der Waals surface area contributed by atoms with Gasteiger partial charge < -0.3 is 15.1 Å². The average molecular weight is 336 g/mol. The molecule has 0 saturated heterocycles. The Hall–Kier alpha value is -3.08. The molecule has 1 aromatic heterocycles. The molecule has 1 heterocycles. The van der Waals surface area contributed by atoms with Crippen LogP contribution in [0.15, 0.2) is 57.7 Å². The van der Waals surface area contributed by atoms with Crippen LogP contribution in [0.4, 0.5) is 11.4 Å². The number of hydrogen-bond acceptors (Lipinski definition) is 4. The van der Waals surface area contributed by atoms with E-state index in [1.165, 1.54) is 13.0 Å². The van der Waals surface area contributed by atoms with E-state index >= 15 is 0 Å². The van der Waals surface area contributed by atoms with Crippen molar-refractivity contribution in [3.8, 4) is 0 Å². The number of aryl methyl sites for hydroxylation is 1. The van der Waals surface area contributed by atoms with Gasteiger partial charge in [-0.05, 0) is 47.9 Å². The number of carbonyl (C=O) groups is 1. The molecule has 0 aliphatic heterocycles. The van der Waals surface area contributed by atoms with E-state index in [2.05, 4.69) is 17.6 Å². The second-order valence-corrected chi connectivity index (χ2v) is 5.89. The van der Waals surface area contributed by atoms with Crippen LogP contribution in [0.25, 0.3) is 11.0 Å². The Balaban J connectivity index is 1.81. The largest absolute Gasteiger partial charge is 0.423 e. The van der Waals surface area contributed by atoms with Crippen LogP contribution in [0.1, 0.15) is 25.0 Å². The third-order valence-electron chi connectivity index (χ3n) is 3.99. The summed E-state index contributed by atoms with van der Waals surface area (Å²) in [4.78, 5) is 22.9. The van der Waals surface area contributed by atoms with Crippen LogP contribution in [0.2, 0.25) is 0 Å². The van der Waals surface area contributed by atoms with Gasteiger partial charge in [-0.3, -0.25) is 4.79 Å². The van der Waals surface area contributed by atoms with Gasteiger partial charge in [0.2, 0.25) is 5.91 Å². The highest BCUT2D eigenvalue weighted by Crippen LogP contribution is 2.21. The molecule has 2 aromatic carbocycles. The van der Waals surface area contributed by atoms with Crippen LogP contribution in [-0.2, 0) is 17.8 Å².